The molecule has 0 radical (unpaired) electrons. The van der Waals surface area contributed by atoms with Crippen LogP contribution in [0, 0.1) is 6.92 Å². The van der Waals surface area contributed by atoms with Crippen molar-refractivity contribution in [3.63, 3.8) is 0 Å². The lowest BCUT2D eigenvalue weighted by atomic mass is 10.0. The number of carbonyl (C=O) groups excluding carboxylic acids is 1. The fraction of sp³-hybridized carbons (Fsp3) is 0.0435. The molecule has 0 bridgehead atoms. The second-order valence-corrected chi connectivity index (χ2v) is 6.13. The summed E-state index contributed by atoms with van der Waals surface area (Å²) in [5, 5.41) is 12.3. The summed E-state index contributed by atoms with van der Waals surface area (Å²) in [6.07, 6.45) is 3.78. The van der Waals surface area contributed by atoms with E-state index in [0.717, 1.165) is 11.1 Å². The van der Waals surface area contributed by atoms with Gasteiger partial charge < -0.3 is 10.4 Å². The number of rotatable bonds is 5. The first-order valence-corrected chi connectivity index (χ1v) is 8.52. The lowest BCUT2D eigenvalue weighted by molar-refractivity contribution is 0.0698. The Morgan fingerprint density at radius 1 is 0.852 bits per heavy atom. The van der Waals surface area contributed by atoms with Crippen molar-refractivity contribution in [2.45, 2.75) is 6.92 Å². The number of carboxylic acid groups (broad SMARTS) is 1. The third-order valence-electron chi connectivity index (χ3n) is 4.13. The predicted octanol–water partition coefficient (Wildman–Crippen LogP) is 5.12. The van der Waals surface area contributed by atoms with Crippen molar-refractivity contribution in [3.8, 4) is 0 Å². The molecule has 0 saturated carbocycles. The summed E-state index contributed by atoms with van der Waals surface area (Å²) >= 11 is 0. The molecule has 4 nitrogen and oxygen atoms in total. The molecule has 0 saturated heterocycles. The van der Waals surface area contributed by atoms with Crippen LogP contribution in [-0.2, 0) is 0 Å². The van der Waals surface area contributed by atoms with E-state index < -0.39 is 5.97 Å². The summed E-state index contributed by atoms with van der Waals surface area (Å²) < 4.78 is 0. The zero-order valence-electron chi connectivity index (χ0n) is 14.8. The minimum Gasteiger partial charge on any atom is -0.478 e. The lowest BCUT2D eigenvalue weighted by Crippen LogP contribution is -2.16. The number of aromatic carboxylic acids is 1. The van der Waals surface area contributed by atoms with Gasteiger partial charge in [-0.2, -0.15) is 0 Å². The Kier molecular flexibility index (Phi) is 5.47. The van der Waals surface area contributed by atoms with E-state index in [4.69, 9.17) is 0 Å². The molecule has 0 atom stereocenters. The molecule has 27 heavy (non-hydrogen) atoms. The Labute approximate surface area is 157 Å². The maximum atomic E-state index is 12.4. The second-order valence-electron chi connectivity index (χ2n) is 6.13. The Morgan fingerprint density at radius 3 is 2.07 bits per heavy atom. The van der Waals surface area contributed by atoms with Crippen LogP contribution in [0.1, 0.15) is 37.4 Å². The molecule has 0 aromatic heterocycles. The molecule has 3 aromatic carbocycles. The predicted molar refractivity (Wildman–Crippen MR) is 108 cm³/mol. The van der Waals surface area contributed by atoms with Crippen molar-refractivity contribution in [2.24, 2.45) is 0 Å². The number of carboxylic acids is 1. The first kappa shape index (κ1) is 18.1. The maximum absolute atomic E-state index is 12.4. The van der Waals surface area contributed by atoms with Crippen LogP contribution < -0.4 is 5.32 Å². The second kappa shape index (κ2) is 8.15. The van der Waals surface area contributed by atoms with Crippen LogP contribution in [-0.4, -0.2) is 17.0 Å². The Bertz CT molecular complexity index is 993. The van der Waals surface area contributed by atoms with Crippen molar-refractivity contribution >= 4 is 29.7 Å². The highest BCUT2D eigenvalue weighted by molar-refractivity contribution is 6.08. The standard InChI is InChI=1S/C23H19NO3/c1-16-14-18(13-12-17-8-4-2-5-9-17)15-20(23(26)27)21(16)24-22(25)19-10-6-3-7-11-19/h2-15H,1H3,(H,24,25)(H,26,27). The summed E-state index contributed by atoms with van der Waals surface area (Å²) in [4.78, 5) is 24.2. The number of aryl methyl sites for hydroxylation is 1. The quantitative estimate of drug-likeness (QED) is 0.623. The fourth-order valence-electron chi connectivity index (χ4n) is 2.78. The number of hydrogen-bond acceptors (Lipinski definition) is 2. The molecule has 134 valence electrons. The van der Waals surface area contributed by atoms with Crippen molar-refractivity contribution in [1.82, 2.24) is 0 Å². The topological polar surface area (TPSA) is 66.4 Å². The van der Waals surface area contributed by atoms with Crippen LogP contribution in [0.2, 0.25) is 0 Å². The van der Waals surface area contributed by atoms with Crippen LogP contribution in [0.25, 0.3) is 12.2 Å². The molecule has 0 spiro atoms. The van der Waals surface area contributed by atoms with Gasteiger partial charge in [0.25, 0.3) is 5.91 Å². The first-order valence-electron chi connectivity index (χ1n) is 8.52. The van der Waals surface area contributed by atoms with Gasteiger partial charge >= 0.3 is 5.97 Å². The molecule has 0 fully saturated rings. The van der Waals surface area contributed by atoms with Crippen molar-refractivity contribution in [2.75, 3.05) is 5.32 Å². The van der Waals surface area contributed by atoms with Gasteiger partial charge in [-0.25, -0.2) is 4.79 Å². The summed E-state index contributed by atoms with van der Waals surface area (Å²) in [6, 6.07) is 21.9. The normalized spacial score (nSPS) is 10.7. The highest BCUT2D eigenvalue weighted by Gasteiger charge is 2.16. The summed E-state index contributed by atoms with van der Waals surface area (Å²) in [5.74, 6) is -1.43. The Morgan fingerprint density at radius 2 is 1.44 bits per heavy atom. The monoisotopic (exact) mass is 357 g/mol. The molecule has 4 heteroatoms. The van der Waals surface area contributed by atoms with E-state index in [1.807, 2.05) is 54.6 Å². The molecule has 0 unspecified atom stereocenters. The molecule has 3 aromatic rings. The average molecular weight is 357 g/mol. The highest BCUT2D eigenvalue weighted by Crippen LogP contribution is 2.25. The summed E-state index contributed by atoms with van der Waals surface area (Å²) in [6.45, 7) is 1.78. The molecule has 0 heterocycles. The van der Waals surface area contributed by atoms with E-state index in [-0.39, 0.29) is 11.5 Å². The van der Waals surface area contributed by atoms with Crippen LogP contribution in [0.3, 0.4) is 0 Å². The molecule has 0 aliphatic heterocycles. The average Bonchev–Trinajstić information content (AvgIpc) is 2.69. The van der Waals surface area contributed by atoms with Gasteiger partial charge in [0, 0.05) is 5.56 Å². The van der Waals surface area contributed by atoms with Crippen LogP contribution >= 0.6 is 0 Å². The number of benzene rings is 3. The zero-order valence-corrected chi connectivity index (χ0v) is 14.8. The van der Waals surface area contributed by atoms with E-state index >= 15 is 0 Å². The van der Waals surface area contributed by atoms with Gasteiger partial charge in [0.2, 0.25) is 0 Å². The molecule has 3 rings (SSSR count). The van der Waals surface area contributed by atoms with Gasteiger partial charge in [0.05, 0.1) is 11.3 Å². The third kappa shape index (κ3) is 4.50. The van der Waals surface area contributed by atoms with Crippen molar-refractivity contribution in [3.05, 3.63) is 101 Å². The van der Waals surface area contributed by atoms with Gasteiger partial charge in [-0.05, 0) is 47.9 Å². The smallest absolute Gasteiger partial charge is 0.337 e. The number of carbonyl (C=O) groups is 2. The van der Waals surface area contributed by atoms with E-state index in [1.54, 1.807) is 37.3 Å². The number of hydrogen-bond donors (Lipinski definition) is 2. The minimum atomic E-state index is -1.09. The van der Waals surface area contributed by atoms with Gasteiger partial charge in [0.15, 0.2) is 0 Å². The molecule has 1 amide bonds. The highest BCUT2D eigenvalue weighted by atomic mass is 16.4. The molecular weight excluding hydrogens is 338 g/mol. The largest absolute Gasteiger partial charge is 0.478 e. The van der Waals surface area contributed by atoms with Gasteiger partial charge in [0.1, 0.15) is 0 Å². The Balaban J connectivity index is 1.92. The van der Waals surface area contributed by atoms with E-state index in [0.29, 0.717) is 16.8 Å². The fourth-order valence-corrected chi connectivity index (χ4v) is 2.78. The number of amides is 1. The van der Waals surface area contributed by atoms with E-state index in [2.05, 4.69) is 5.32 Å². The van der Waals surface area contributed by atoms with Gasteiger partial charge in [-0.15, -0.1) is 0 Å². The molecule has 0 aliphatic rings. The minimum absolute atomic E-state index is 0.0620. The Hall–Kier alpha value is -3.66. The summed E-state index contributed by atoms with van der Waals surface area (Å²) in [5.41, 5.74) is 3.31. The van der Waals surface area contributed by atoms with Crippen LogP contribution in [0.4, 0.5) is 5.69 Å². The van der Waals surface area contributed by atoms with Crippen LogP contribution in [0.5, 0.6) is 0 Å². The molecule has 0 aliphatic carbocycles. The lowest BCUT2D eigenvalue weighted by Gasteiger charge is -2.13. The number of anilines is 1. The first-order chi connectivity index (χ1) is 13.0. The van der Waals surface area contributed by atoms with Crippen molar-refractivity contribution < 1.29 is 14.7 Å². The van der Waals surface area contributed by atoms with E-state index in [1.165, 1.54) is 0 Å². The van der Waals surface area contributed by atoms with Crippen LogP contribution in [0.15, 0.2) is 72.8 Å². The molecular formula is C23H19NO3. The number of nitrogens with one attached hydrogen (secondary N) is 1. The maximum Gasteiger partial charge on any atom is 0.337 e. The molecule has 2 N–H and O–H groups in total. The third-order valence-corrected chi connectivity index (χ3v) is 4.13. The summed E-state index contributed by atoms with van der Waals surface area (Å²) in [7, 11) is 0. The van der Waals surface area contributed by atoms with E-state index in [9.17, 15) is 14.7 Å². The van der Waals surface area contributed by atoms with Gasteiger partial charge in [-0.1, -0.05) is 60.7 Å². The van der Waals surface area contributed by atoms with Crippen molar-refractivity contribution in [1.29, 1.82) is 0 Å². The SMILES string of the molecule is Cc1cc(C=Cc2ccccc2)cc(C(=O)O)c1NC(=O)c1ccccc1. The van der Waals surface area contributed by atoms with Gasteiger partial charge in [-0.3, -0.25) is 4.79 Å². The zero-order chi connectivity index (χ0) is 19.2.